The van der Waals surface area contributed by atoms with Crippen LogP contribution in [0.5, 0.6) is 11.5 Å². The Morgan fingerprint density at radius 2 is 2.06 bits per heavy atom. The molecule has 0 spiro atoms. The predicted molar refractivity (Wildman–Crippen MR) is 69.6 cm³/mol. The maximum atomic E-state index is 10.4. The van der Waals surface area contributed by atoms with Crippen molar-refractivity contribution in [3.8, 4) is 11.5 Å². The van der Waals surface area contributed by atoms with Gasteiger partial charge in [0.15, 0.2) is 11.5 Å². The minimum atomic E-state index is -0.741. The van der Waals surface area contributed by atoms with Gasteiger partial charge in [0.1, 0.15) is 0 Å². The van der Waals surface area contributed by atoms with Crippen molar-refractivity contribution in [2.45, 2.75) is 24.2 Å². The summed E-state index contributed by atoms with van der Waals surface area (Å²) < 4.78 is 11.1. The summed E-state index contributed by atoms with van der Waals surface area (Å²) >= 11 is 1.64. The molecule has 1 aliphatic rings. The Balaban J connectivity index is 1.89. The minimum absolute atomic E-state index is 0.220. The lowest BCUT2D eigenvalue weighted by Crippen LogP contribution is -1.97. The van der Waals surface area contributed by atoms with Crippen LogP contribution in [0.1, 0.15) is 19.3 Å². The molecule has 0 unspecified atom stereocenters. The molecule has 2 rings (SSSR count). The SMILES string of the molecule is O=C(O)CCCSc1ccc2c(c1)OCCCO2. The summed E-state index contributed by atoms with van der Waals surface area (Å²) in [7, 11) is 0. The molecule has 0 aliphatic carbocycles. The first-order valence-corrected chi connectivity index (χ1v) is 6.98. The molecular formula is C13H16O4S. The van der Waals surface area contributed by atoms with Crippen molar-refractivity contribution in [3.05, 3.63) is 18.2 Å². The van der Waals surface area contributed by atoms with Gasteiger partial charge in [0.2, 0.25) is 0 Å². The second-order valence-corrected chi connectivity index (χ2v) is 5.17. The quantitative estimate of drug-likeness (QED) is 0.657. The summed E-state index contributed by atoms with van der Waals surface area (Å²) in [5.41, 5.74) is 0. The average molecular weight is 268 g/mol. The highest BCUT2D eigenvalue weighted by Crippen LogP contribution is 2.34. The van der Waals surface area contributed by atoms with E-state index in [1.807, 2.05) is 18.2 Å². The molecule has 1 aliphatic heterocycles. The molecule has 1 aromatic rings. The molecular weight excluding hydrogens is 252 g/mol. The number of hydrogen-bond donors (Lipinski definition) is 1. The average Bonchev–Trinajstić information content (AvgIpc) is 2.59. The van der Waals surface area contributed by atoms with Crippen LogP contribution < -0.4 is 9.47 Å². The fraction of sp³-hybridized carbons (Fsp3) is 0.462. The number of ether oxygens (including phenoxy) is 2. The molecule has 0 bridgehead atoms. The van der Waals surface area contributed by atoms with E-state index in [-0.39, 0.29) is 6.42 Å². The molecule has 0 atom stereocenters. The number of thioether (sulfide) groups is 1. The molecule has 0 fully saturated rings. The van der Waals surface area contributed by atoms with Gasteiger partial charge in [0.25, 0.3) is 0 Å². The maximum Gasteiger partial charge on any atom is 0.303 e. The topological polar surface area (TPSA) is 55.8 Å². The van der Waals surface area contributed by atoms with Gasteiger partial charge in [-0.1, -0.05) is 0 Å². The molecule has 5 heteroatoms. The molecule has 18 heavy (non-hydrogen) atoms. The second-order valence-electron chi connectivity index (χ2n) is 4.00. The highest BCUT2D eigenvalue weighted by atomic mass is 32.2. The highest BCUT2D eigenvalue weighted by molar-refractivity contribution is 7.99. The third-order valence-corrected chi connectivity index (χ3v) is 3.60. The number of benzene rings is 1. The first-order valence-electron chi connectivity index (χ1n) is 6.00. The van der Waals surface area contributed by atoms with Crippen molar-refractivity contribution in [1.82, 2.24) is 0 Å². The molecule has 1 aromatic carbocycles. The third-order valence-electron chi connectivity index (χ3n) is 2.52. The van der Waals surface area contributed by atoms with Gasteiger partial charge >= 0.3 is 5.97 Å². The highest BCUT2D eigenvalue weighted by Gasteiger charge is 2.10. The van der Waals surface area contributed by atoms with Crippen molar-refractivity contribution in [1.29, 1.82) is 0 Å². The van der Waals surface area contributed by atoms with E-state index in [4.69, 9.17) is 14.6 Å². The van der Waals surface area contributed by atoms with E-state index in [1.54, 1.807) is 11.8 Å². The Labute approximate surface area is 110 Å². The largest absolute Gasteiger partial charge is 0.490 e. The monoisotopic (exact) mass is 268 g/mol. The molecule has 0 radical (unpaired) electrons. The van der Waals surface area contributed by atoms with Gasteiger partial charge in [0.05, 0.1) is 13.2 Å². The van der Waals surface area contributed by atoms with Crippen molar-refractivity contribution < 1.29 is 19.4 Å². The summed E-state index contributed by atoms with van der Waals surface area (Å²) in [6.45, 7) is 1.37. The van der Waals surface area contributed by atoms with E-state index in [2.05, 4.69) is 0 Å². The number of hydrogen-bond acceptors (Lipinski definition) is 4. The molecule has 1 heterocycles. The van der Waals surface area contributed by atoms with E-state index < -0.39 is 5.97 Å². The summed E-state index contributed by atoms with van der Waals surface area (Å²) in [5.74, 6) is 1.64. The zero-order chi connectivity index (χ0) is 12.8. The molecule has 1 N–H and O–H groups in total. The Kier molecular flexibility index (Phi) is 4.75. The van der Waals surface area contributed by atoms with Crippen LogP contribution in [0.2, 0.25) is 0 Å². The van der Waals surface area contributed by atoms with Gasteiger partial charge in [0, 0.05) is 17.7 Å². The van der Waals surface area contributed by atoms with Crippen LogP contribution in [0.4, 0.5) is 0 Å². The van der Waals surface area contributed by atoms with E-state index in [0.29, 0.717) is 19.6 Å². The Morgan fingerprint density at radius 3 is 2.83 bits per heavy atom. The predicted octanol–water partition coefficient (Wildman–Crippen LogP) is 2.80. The molecule has 0 amide bonds. The third kappa shape index (κ3) is 3.84. The summed E-state index contributed by atoms with van der Waals surface area (Å²) in [4.78, 5) is 11.5. The molecule has 98 valence electrons. The smallest absolute Gasteiger partial charge is 0.303 e. The first kappa shape index (κ1) is 13.1. The van der Waals surface area contributed by atoms with Gasteiger partial charge < -0.3 is 14.6 Å². The zero-order valence-corrected chi connectivity index (χ0v) is 10.9. The van der Waals surface area contributed by atoms with Crippen LogP contribution in [0, 0.1) is 0 Å². The van der Waals surface area contributed by atoms with Crippen LogP contribution in [0.3, 0.4) is 0 Å². The lowest BCUT2D eigenvalue weighted by molar-refractivity contribution is -0.137. The summed E-state index contributed by atoms with van der Waals surface area (Å²) in [6.07, 6.45) is 1.79. The van der Waals surface area contributed by atoms with Gasteiger partial charge in [-0.15, -0.1) is 11.8 Å². The van der Waals surface area contributed by atoms with E-state index in [0.717, 1.165) is 28.6 Å². The molecule has 0 saturated heterocycles. The van der Waals surface area contributed by atoms with Crippen LogP contribution in [-0.2, 0) is 4.79 Å². The van der Waals surface area contributed by atoms with E-state index in [1.165, 1.54) is 0 Å². The van der Waals surface area contributed by atoms with Gasteiger partial charge in [-0.25, -0.2) is 0 Å². The van der Waals surface area contributed by atoms with E-state index in [9.17, 15) is 4.79 Å². The molecule has 0 aromatic heterocycles. The Morgan fingerprint density at radius 1 is 1.28 bits per heavy atom. The number of fused-ring (bicyclic) bond motifs is 1. The van der Waals surface area contributed by atoms with Gasteiger partial charge in [-0.2, -0.15) is 0 Å². The van der Waals surface area contributed by atoms with Crippen LogP contribution in [-0.4, -0.2) is 30.0 Å². The van der Waals surface area contributed by atoms with Gasteiger partial charge in [-0.05, 0) is 30.4 Å². The number of carboxylic acids is 1. The minimum Gasteiger partial charge on any atom is -0.490 e. The van der Waals surface area contributed by atoms with Gasteiger partial charge in [-0.3, -0.25) is 4.79 Å². The standard InChI is InChI=1S/C13H16O4S/c14-13(15)3-1-8-18-10-4-5-11-12(9-10)17-7-2-6-16-11/h4-5,9H,1-3,6-8H2,(H,14,15). The number of rotatable bonds is 5. The molecule has 4 nitrogen and oxygen atoms in total. The molecule has 0 saturated carbocycles. The summed E-state index contributed by atoms with van der Waals surface area (Å²) in [5, 5.41) is 8.55. The summed E-state index contributed by atoms with van der Waals surface area (Å²) in [6, 6.07) is 5.87. The maximum absolute atomic E-state index is 10.4. The van der Waals surface area contributed by atoms with Crippen molar-refractivity contribution >= 4 is 17.7 Å². The van der Waals surface area contributed by atoms with Crippen molar-refractivity contribution in [3.63, 3.8) is 0 Å². The van der Waals surface area contributed by atoms with Crippen LogP contribution in [0.15, 0.2) is 23.1 Å². The number of aliphatic carboxylic acids is 1. The number of carboxylic acid groups (broad SMARTS) is 1. The normalized spacial score (nSPS) is 14.0. The van der Waals surface area contributed by atoms with Crippen LogP contribution in [0.25, 0.3) is 0 Å². The second kappa shape index (κ2) is 6.54. The fourth-order valence-corrected chi connectivity index (χ4v) is 2.53. The lowest BCUT2D eigenvalue weighted by Gasteiger charge is -2.08. The van der Waals surface area contributed by atoms with Crippen molar-refractivity contribution in [2.75, 3.05) is 19.0 Å². The number of carbonyl (C=O) groups is 1. The lowest BCUT2D eigenvalue weighted by atomic mass is 10.3. The zero-order valence-electron chi connectivity index (χ0n) is 10.1. The first-order chi connectivity index (χ1) is 8.75. The van der Waals surface area contributed by atoms with E-state index >= 15 is 0 Å². The fourth-order valence-electron chi connectivity index (χ4n) is 1.65. The van der Waals surface area contributed by atoms with Crippen LogP contribution >= 0.6 is 11.8 Å². The Bertz CT molecular complexity index is 419. The Hall–Kier alpha value is -1.36. The van der Waals surface area contributed by atoms with Crippen molar-refractivity contribution in [2.24, 2.45) is 0 Å².